The normalized spacial score (nSPS) is 20.2. The van der Waals surface area contributed by atoms with Gasteiger partial charge in [-0.1, -0.05) is 62.2 Å². The van der Waals surface area contributed by atoms with E-state index < -0.39 is 20.4 Å². The van der Waals surface area contributed by atoms with Gasteiger partial charge in [0.15, 0.2) is 12.7 Å². The van der Waals surface area contributed by atoms with Gasteiger partial charge >= 0.3 is 12.1 Å². The highest BCUT2D eigenvalue weighted by molar-refractivity contribution is 8.04. The SMILES string of the molecule is C=CCOC(=O)NC(=N)c1cccc(-c2csc(SC3=C(C(=O)OCC=C)N4C(=O)[C@H]([C@@H](C)O[Si](C)(C)C)[C@H]4[C@H]3C)n2)c1. The maximum atomic E-state index is 13.4. The van der Waals surface area contributed by atoms with Crippen molar-refractivity contribution in [1.29, 1.82) is 5.41 Å². The molecular weight excluding hydrogens is 605 g/mol. The minimum absolute atomic E-state index is 0.0352. The predicted molar refractivity (Wildman–Crippen MR) is 170 cm³/mol. The van der Waals surface area contributed by atoms with E-state index in [2.05, 4.69) is 38.1 Å². The molecule has 1 aromatic carbocycles. The smallest absolute Gasteiger partial charge is 0.413 e. The summed E-state index contributed by atoms with van der Waals surface area (Å²) in [5.74, 6) is -1.29. The fraction of sp³-hybridized carbons (Fsp3) is 0.367. The number of fused-ring (bicyclic) bond motifs is 1. The van der Waals surface area contributed by atoms with Gasteiger partial charge in [0.2, 0.25) is 5.91 Å². The lowest BCUT2D eigenvalue weighted by Gasteiger charge is -2.48. The van der Waals surface area contributed by atoms with E-state index in [9.17, 15) is 14.4 Å². The Labute approximate surface area is 260 Å². The van der Waals surface area contributed by atoms with Gasteiger partial charge in [-0.3, -0.25) is 15.5 Å². The molecule has 3 heterocycles. The molecule has 2 N–H and O–H groups in total. The van der Waals surface area contributed by atoms with E-state index >= 15 is 0 Å². The molecule has 0 spiro atoms. The summed E-state index contributed by atoms with van der Waals surface area (Å²) < 4.78 is 17.3. The van der Waals surface area contributed by atoms with Gasteiger partial charge in [-0.15, -0.1) is 11.3 Å². The Morgan fingerprint density at radius 1 is 1.23 bits per heavy atom. The number of hydrogen-bond acceptors (Lipinski definition) is 10. The van der Waals surface area contributed by atoms with E-state index in [0.29, 0.717) is 15.6 Å². The van der Waals surface area contributed by atoms with Crippen molar-refractivity contribution in [3.05, 3.63) is 71.1 Å². The lowest BCUT2D eigenvalue weighted by Crippen LogP contribution is -2.64. The summed E-state index contributed by atoms with van der Waals surface area (Å²) in [6.45, 7) is 17.4. The molecule has 0 aliphatic carbocycles. The number of ether oxygens (including phenoxy) is 2. The number of nitrogens with one attached hydrogen (secondary N) is 2. The van der Waals surface area contributed by atoms with Crippen LogP contribution in [0.2, 0.25) is 19.6 Å². The van der Waals surface area contributed by atoms with Gasteiger partial charge in [-0.05, 0) is 32.6 Å². The van der Waals surface area contributed by atoms with Crippen LogP contribution in [0.4, 0.5) is 4.79 Å². The summed E-state index contributed by atoms with van der Waals surface area (Å²) in [5, 5.41) is 12.5. The van der Waals surface area contributed by atoms with Crippen molar-refractivity contribution in [3.8, 4) is 11.3 Å². The molecule has 2 aliphatic rings. The van der Waals surface area contributed by atoms with Gasteiger partial charge in [0.25, 0.3) is 0 Å². The first kappa shape index (κ1) is 32.4. The molecule has 228 valence electrons. The summed E-state index contributed by atoms with van der Waals surface area (Å²) in [4.78, 5) is 45.6. The van der Waals surface area contributed by atoms with Crippen LogP contribution in [-0.2, 0) is 23.5 Å². The second kappa shape index (κ2) is 13.4. The Morgan fingerprint density at radius 3 is 2.60 bits per heavy atom. The number of hydrogen-bond donors (Lipinski definition) is 2. The van der Waals surface area contributed by atoms with Crippen LogP contribution >= 0.6 is 23.1 Å². The predicted octanol–water partition coefficient (Wildman–Crippen LogP) is 5.80. The maximum absolute atomic E-state index is 13.4. The van der Waals surface area contributed by atoms with Gasteiger partial charge in [-0.2, -0.15) is 0 Å². The molecule has 43 heavy (non-hydrogen) atoms. The number of benzene rings is 1. The van der Waals surface area contributed by atoms with Crippen LogP contribution in [0.1, 0.15) is 19.4 Å². The number of thioether (sulfide) groups is 1. The first-order valence-electron chi connectivity index (χ1n) is 13.8. The third kappa shape index (κ3) is 7.17. The van der Waals surface area contributed by atoms with Gasteiger partial charge in [0, 0.05) is 27.3 Å². The van der Waals surface area contributed by atoms with Crippen LogP contribution in [0.3, 0.4) is 0 Å². The Hall–Kier alpha value is -3.52. The van der Waals surface area contributed by atoms with Crippen molar-refractivity contribution in [1.82, 2.24) is 15.2 Å². The van der Waals surface area contributed by atoms with Crippen LogP contribution in [-0.4, -0.2) is 67.4 Å². The Kier molecular flexibility index (Phi) is 10.1. The highest BCUT2D eigenvalue weighted by Crippen LogP contribution is 2.53. The second-order valence-electron chi connectivity index (χ2n) is 11.1. The Bertz CT molecular complexity index is 1480. The van der Waals surface area contributed by atoms with E-state index in [1.165, 1.54) is 35.3 Å². The highest BCUT2D eigenvalue weighted by Gasteiger charge is 2.61. The molecule has 0 saturated carbocycles. The quantitative estimate of drug-likeness (QED) is 0.0744. The Morgan fingerprint density at radius 2 is 1.93 bits per heavy atom. The lowest BCUT2D eigenvalue weighted by molar-refractivity contribution is -0.163. The molecule has 4 rings (SSSR count). The van der Waals surface area contributed by atoms with Crippen molar-refractivity contribution in [2.24, 2.45) is 11.8 Å². The van der Waals surface area contributed by atoms with Crippen LogP contribution in [0.15, 0.2) is 69.9 Å². The number of carbonyl (C=O) groups is 3. The largest absolute Gasteiger partial charge is 0.457 e. The third-order valence-corrected chi connectivity index (χ3v) is 10.1. The summed E-state index contributed by atoms with van der Waals surface area (Å²) in [5.41, 5.74) is 2.17. The van der Waals surface area contributed by atoms with Crippen LogP contribution in [0.5, 0.6) is 0 Å². The fourth-order valence-corrected chi connectivity index (χ4v) is 8.53. The number of aromatic nitrogens is 1. The summed E-state index contributed by atoms with van der Waals surface area (Å²) in [6, 6.07) is 6.89. The molecule has 2 aliphatic heterocycles. The molecule has 0 unspecified atom stereocenters. The standard InChI is InChI=1S/C30H36N4O6S2Si/c1-8-13-38-28(36)24-25(17(3)23-22(27(35)34(23)24)18(4)40-43(5,6)7)42-30-32-21(16-41-30)19-11-10-12-20(15-19)26(31)33-29(37)39-14-9-2/h8-12,15-18,22-23H,1-2,13-14H2,3-7H3,(H2,31,33,37)/t17-,18-,22-,23-/m1/s1. The van der Waals surface area contributed by atoms with Crippen molar-refractivity contribution < 1.29 is 28.3 Å². The topological polar surface area (TPSA) is 131 Å². The number of carbonyl (C=O) groups excluding carboxylic acids is 3. The number of amidine groups is 1. The van der Waals surface area contributed by atoms with Gasteiger partial charge < -0.3 is 18.8 Å². The number of alkyl carbamates (subject to hydrolysis) is 1. The molecule has 0 bridgehead atoms. The number of nitrogens with zero attached hydrogens (tertiary/aromatic N) is 2. The van der Waals surface area contributed by atoms with Gasteiger partial charge in [0.1, 0.15) is 24.7 Å². The minimum atomic E-state index is -1.89. The average Bonchev–Trinajstić information content (AvgIpc) is 3.51. The van der Waals surface area contributed by atoms with Crippen molar-refractivity contribution in [3.63, 3.8) is 0 Å². The number of rotatable bonds is 12. The molecule has 1 saturated heterocycles. The monoisotopic (exact) mass is 640 g/mol. The zero-order valence-electron chi connectivity index (χ0n) is 24.8. The van der Waals surface area contributed by atoms with Crippen molar-refractivity contribution >= 4 is 55.2 Å². The van der Waals surface area contributed by atoms with Crippen molar-refractivity contribution in [2.75, 3.05) is 13.2 Å². The van der Waals surface area contributed by atoms with Crippen LogP contribution < -0.4 is 5.32 Å². The fourth-order valence-electron chi connectivity index (χ4n) is 5.18. The van der Waals surface area contributed by atoms with Gasteiger partial charge in [0.05, 0.1) is 23.8 Å². The first-order chi connectivity index (χ1) is 20.4. The third-order valence-electron chi connectivity index (χ3n) is 6.85. The minimum Gasteiger partial charge on any atom is -0.457 e. The second-order valence-corrected chi connectivity index (χ2v) is 17.7. The molecule has 13 heteroatoms. The molecule has 0 radical (unpaired) electrons. The number of esters is 1. The molecule has 1 aromatic heterocycles. The van der Waals surface area contributed by atoms with E-state index in [-0.39, 0.29) is 54.6 Å². The maximum Gasteiger partial charge on any atom is 0.413 e. The number of β-lactam (4-membered cyclic amide) rings is 1. The van der Waals surface area contributed by atoms with Crippen LogP contribution in [0, 0.1) is 17.2 Å². The Balaban J connectivity index is 1.57. The molecule has 2 amide bonds. The van der Waals surface area contributed by atoms with Gasteiger partial charge in [-0.25, -0.2) is 14.6 Å². The zero-order valence-corrected chi connectivity index (χ0v) is 27.5. The summed E-state index contributed by atoms with van der Waals surface area (Å²) in [7, 11) is -1.89. The first-order valence-corrected chi connectivity index (χ1v) is 18.9. The lowest BCUT2D eigenvalue weighted by atomic mass is 9.79. The van der Waals surface area contributed by atoms with E-state index in [1.54, 1.807) is 23.1 Å². The molecular formula is C30H36N4O6S2Si. The molecule has 4 atom stereocenters. The average molecular weight is 641 g/mol. The zero-order chi connectivity index (χ0) is 31.5. The highest BCUT2D eigenvalue weighted by atomic mass is 32.2. The van der Waals surface area contributed by atoms with Crippen molar-refractivity contribution in [2.45, 2.75) is 50.0 Å². The van der Waals surface area contributed by atoms with E-state index in [4.69, 9.17) is 24.3 Å². The molecule has 2 aromatic rings. The summed E-state index contributed by atoms with van der Waals surface area (Å²) >= 11 is 2.77. The number of thiazole rings is 1. The molecule has 1 fully saturated rings. The van der Waals surface area contributed by atoms with Crippen LogP contribution in [0.25, 0.3) is 11.3 Å². The van der Waals surface area contributed by atoms with E-state index in [0.717, 1.165) is 10.5 Å². The molecule has 10 nitrogen and oxygen atoms in total. The van der Waals surface area contributed by atoms with E-state index in [1.807, 2.05) is 25.3 Å². The summed E-state index contributed by atoms with van der Waals surface area (Å²) in [6.07, 6.45) is 1.93. The number of amides is 2.